The van der Waals surface area contributed by atoms with Crippen LogP contribution >= 0.6 is 0 Å². The second-order valence-corrected chi connectivity index (χ2v) is 6.83. The van der Waals surface area contributed by atoms with E-state index in [1.54, 1.807) is 0 Å². The fourth-order valence-electron chi connectivity index (χ4n) is 3.60. The maximum absolute atomic E-state index is 6.15. The summed E-state index contributed by atoms with van der Waals surface area (Å²) in [6, 6.07) is 16.8. The normalized spacial score (nSPS) is 23.4. The Morgan fingerprint density at radius 3 is 2.60 bits per heavy atom. The van der Waals surface area contributed by atoms with Crippen molar-refractivity contribution < 1.29 is 14.2 Å². The Labute approximate surface area is 149 Å². The van der Waals surface area contributed by atoms with Crippen LogP contribution in [0.4, 0.5) is 0 Å². The first kappa shape index (κ1) is 16.4. The highest BCUT2D eigenvalue weighted by atomic mass is 16.6. The van der Waals surface area contributed by atoms with Crippen LogP contribution in [0.5, 0.6) is 11.5 Å². The largest absolute Gasteiger partial charge is 0.486 e. The first-order chi connectivity index (χ1) is 12.3. The number of benzene rings is 2. The van der Waals surface area contributed by atoms with Crippen molar-refractivity contribution in [1.82, 2.24) is 4.90 Å². The zero-order valence-electron chi connectivity index (χ0n) is 14.7. The van der Waals surface area contributed by atoms with Crippen molar-refractivity contribution in [2.24, 2.45) is 0 Å². The average molecular weight is 339 g/mol. The van der Waals surface area contributed by atoms with Gasteiger partial charge in [0.2, 0.25) is 0 Å². The van der Waals surface area contributed by atoms with E-state index in [1.165, 1.54) is 11.1 Å². The lowest BCUT2D eigenvalue weighted by Gasteiger charge is -2.37. The predicted molar refractivity (Wildman–Crippen MR) is 97.3 cm³/mol. The van der Waals surface area contributed by atoms with Gasteiger partial charge in [0.25, 0.3) is 0 Å². The number of fused-ring (bicyclic) bond motifs is 1. The highest BCUT2D eigenvalue weighted by molar-refractivity contribution is 5.43. The molecule has 0 aromatic heterocycles. The monoisotopic (exact) mass is 339 g/mol. The molecular formula is C21H25NO3. The van der Waals surface area contributed by atoms with E-state index in [0.717, 1.165) is 37.6 Å². The SMILES string of the molecule is C[C@@H]1CN(CCc2ccc3c(c2)OCCO3)C[C@H](c2ccccc2)O1. The van der Waals surface area contributed by atoms with E-state index in [0.29, 0.717) is 13.2 Å². The number of ether oxygens (including phenoxy) is 3. The lowest BCUT2D eigenvalue weighted by Crippen LogP contribution is -2.43. The van der Waals surface area contributed by atoms with E-state index in [-0.39, 0.29) is 12.2 Å². The molecule has 1 fully saturated rings. The number of hydrogen-bond acceptors (Lipinski definition) is 4. The molecule has 2 aromatic carbocycles. The Bertz CT molecular complexity index is 704. The Hall–Kier alpha value is -2.04. The minimum atomic E-state index is 0.158. The summed E-state index contributed by atoms with van der Waals surface area (Å²) < 4.78 is 17.4. The van der Waals surface area contributed by atoms with E-state index in [1.807, 2.05) is 6.07 Å². The van der Waals surface area contributed by atoms with Crippen LogP contribution in [0, 0.1) is 0 Å². The molecule has 0 saturated carbocycles. The predicted octanol–water partition coefficient (Wildman–Crippen LogP) is 3.46. The van der Waals surface area contributed by atoms with Crippen molar-refractivity contribution in [2.75, 3.05) is 32.8 Å². The average Bonchev–Trinajstić information content (AvgIpc) is 2.66. The molecule has 25 heavy (non-hydrogen) atoms. The molecule has 4 nitrogen and oxygen atoms in total. The highest BCUT2D eigenvalue weighted by Gasteiger charge is 2.26. The van der Waals surface area contributed by atoms with Gasteiger partial charge in [0, 0.05) is 19.6 Å². The van der Waals surface area contributed by atoms with Crippen molar-refractivity contribution in [3.05, 3.63) is 59.7 Å². The third kappa shape index (κ3) is 3.97. The zero-order valence-corrected chi connectivity index (χ0v) is 14.7. The Balaban J connectivity index is 1.39. The van der Waals surface area contributed by atoms with Crippen LogP contribution in [0.15, 0.2) is 48.5 Å². The van der Waals surface area contributed by atoms with Crippen LogP contribution in [0.2, 0.25) is 0 Å². The molecule has 0 amide bonds. The number of hydrogen-bond donors (Lipinski definition) is 0. The number of morpholine rings is 1. The van der Waals surface area contributed by atoms with E-state index in [2.05, 4.69) is 54.3 Å². The van der Waals surface area contributed by atoms with Crippen LogP contribution in [-0.2, 0) is 11.2 Å². The summed E-state index contributed by atoms with van der Waals surface area (Å²) in [5.74, 6) is 1.74. The van der Waals surface area contributed by atoms with Gasteiger partial charge in [0.1, 0.15) is 13.2 Å². The lowest BCUT2D eigenvalue weighted by molar-refractivity contribution is -0.0785. The van der Waals surface area contributed by atoms with E-state index < -0.39 is 0 Å². The van der Waals surface area contributed by atoms with Gasteiger partial charge in [-0.2, -0.15) is 0 Å². The second kappa shape index (κ2) is 7.46. The van der Waals surface area contributed by atoms with Crippen molar-refractivity contribution in [3.8, 4) is 11.5 Å². The number of rotatable bonds is 4. The molecule has 1 saturated heterocycles. The molecule has 0 radical (unpaired) electrons. The summed E-state index contributed by atoms with van der Waals surface area (Å²) in [7, 11) is 0. The van der Waals surface area contributed by atoms with Gasteiger partial charge in [-0.25, -0.2) is 0 Å². The van der Waals surface area contributed by atoms with Crippen LogP contribution < -0.4 is 9.47 Å². The lowest BCUT2D eigenvalue weighted by atomic mass is 10.1. The van der Waals surface area contributed by atoms with Gasteiger partial charge in [0.05, 0.1) is 12.2 Å². The molecule has 132 valence electrons. The summed E-state index contributed by atoms with van der Waals surface area (Å²) in [4.78, 5) is 2.50. The second-order valence-electron chi connectivity index (χ2n) is 6.83. The molecule has 0 unspecified atom stereocenters. The third-order valence-corrected chi connectivity index (χ3v) is 4.83. The van der Waals surface area contributed by atoms with E-state index >= 15 is 0 Å². The smallest absolute Gasteiger partial charge is 0.161 e. The van der Waals surface area contributed by atoms with Gasteiger partial charge in [-0.3, -0.25) is 4.90 Å². The summed E-state index contributed by atoms with van der Waals surface area (Å²) in [5, 5.41) is 0. The van der Waals surface area contributed by atoms with Crippen LogP contribution in [0.1, 0.15) is 24.2 Å². The van der Waals surface area contributed by atoms with Crippen molar-refractivity contribution in [2.45, 2.75) is 25.6 Å². The summed E-state index contributed by atoms with van der Waals surface area (Å²) in [6.45, 7) is 6.38. The molecule has 2 atom stereocenters. The minimum absolute atomic E-state index is 0.158. The first-order valence-electron chi connectivity index (χ1n) is 9.09. The van der Waals surface area contributed by atoms with Crippen LogP contribution in [0.3, 0.4) is 0 Å². The fourth-order valence-corrected chi connectivity index (χ4v) is 3.60. The molecule has 0 bridgehead atoms. The molecule has 0 N–H and O–H groups in total. The van der Waals surface area contributed by atoms with Crippen molar-refractivity contribution in [1.29, 1.82) is 0 Å². The molecule has 2 heterocycles. The van der Waals surface area contributed by atoms with E-state index in [4.69, 9.17) is 14.2 Å². The number of nitrogens with zero attached hydrogens (tertiary/aromatic N) is 1. The van der Waals surface area contributed by atoms with Crippen LogP contribution in [-0.4, -0.2) is 43.9 Å². The van der Waals surface area contributed by atoms with Gasteiger partial charge < -0.3 is 14.2 Å². The molecule has 2 aromatic rings. The quantitative estimate of drug-likeness (QED) is 0.853. The molecule has 2 aliphatic heterocycles. The maximum atomic E-state index is 6.15. The van der Waals surface area contributed by atoms with Crippen molar-refractivity contribution in [3.63, 3.8) is 0 Å². The summed E-state index contributed by atoms with van der Waals surface area (Å²) >= 11 is 0. The third-order valence-electron chi connectivity index (χ3n) is 4.83. The van der Waals surface area contributed by atoms with Gasteiger partial charge >= 0.3 is 0 Å². The Morgan fingerprint density at radius 1 is 0.960 bits per heavy atom. The summed E-state index contributed by atoms with van der Waals surface area (Å²) in [6.07, 6.45) is 1.41. The van der Waals surface area contributed by atoms with Gasteiger partial charge in [-0.05, 0) is 36.6 Å². The molecule has 0 spiro atoms. The Morgan fingerprint density at radius 2 is 1.76 bits per heavy atom. The summed E-state index contributed by atoms with van der Waals surface area (Å²) in [5.41, 5.74) is 2.55. The minimum Gasteiger partial charge on any atom is -0.486 e. The fraction of sp³-hybridized carbons (Fsp3) is 0.429. The Kier molecular flexibility index (Phi) is 4.90. The van der Waals surface area contributed by atoms with Gasteiger partial charge in [-0.1, -0.05) is 36.4 Å². The molecule has 0 aliphatic carbocycles. The molecule has 4 rings (SSSR count). The van der Waals surface area contributed by atoms with Gasteiger partial charge in [0.15, 0.2) is 11.5 Å². The van der Waals surface area contributed by atoms with Crippen molar-refractivity contribution >= 4 is 0 Å². The zero-order chi connectivity index (χ0) is 17.1. The topological polar surface area (TPSA) is 30.9 Å². The molecule has 2 aliphatic rings. The molecule has 4 heteroatoms. The van der Waals surface area contributed by atoms with E-state index in [9.17, 15) is 0 Å². The standard InChI is InChI=1S/C21H25NO3/c1-16-14-22(15-21(25-16)18-5-3-2-4-6-18)10-9-17-7-8-19-20(13-17)24-12-11-23-19/h2-8,13,16,21H,9-12,14-15H2,1H3/t16-,21-/m1/s1. The molecular weight excluding hydrogens is 314 g/mol. The maximum Gasteiger partial charge on any atom is 0.161 e. The highest BCUT2D eigenvalue weighted by Crippen LogP contribution is 2.31. The van der Waals surface area contributed by atoms with Crippen LogP contribution in [0.25, 0.3) is 0 Å². The first-order valence-corrected chi connectivity index (χ1v) is 9.09. The van der Waals surface area contributed by atoms with Gasteiger partial charge in [-0.15, -0.1) is 0 Å².